The number of ether oxygens (including phenoxy) is 1. The van der Waals surface area contributed by atoms with Gasteiger partial charge in [0.05, 0.1) is 0 Å². The van der Waals surface area contributed by atoms with Gasteiger partial charge in [0.15, 0.2) is 6.61 Å². The number of carboxylic acids is 1. The van der Waals surface area contributed by atoms with E-state index in [2.05, 4.69) is 9.72 Å². The van der Waals surface area contributed by atoms with E-state index in [1.807, 2.05) is 0 Å². The summed E-state index contributed by atoms with van der Waals surface area (Å²) in [5.41, 5.74) is 5.45. The number of carboxylic acid groups (broad SMARTS) is 1. The fraction of sp³-hybridized carbons (Fsp3) is 0.333. The number of nitrogens with zero attached hydrogens (tertiary/aromatic N) is 1. The van der Waals surface area contributed by atoms with Crippen LogP contribution in [0, 0.1) is 0 Å². The molecular formula is C9H9F3N2O3. The van der Waals surface area contributed by atoms with E-state index in [-0.39, 0.29) is 11.4 Å². The molecule has 0 aromatic carbocycles. The molecule has 1 aromatic rings. The Balaban J connectivity index is 2.65. The maximum absolute atomic E-state index is 11.8. The number of rotatable bonds is 4. The van der Waals surface area contributed by atoms with Crippen LogP contribution in [0.15, 0.2) is 18.3 Å². The Morgan fingerprint density at radius 2 is 2.18 bits per heavy atom. The first-order valence-corrected chi connectivity index (χ1v) is 4.43. The van der Waals surface area contributed by atoms with Gasteiger partial charge in [-0.05, 0) is 11.6 Å². The van der Waals surface area contributed by atoms with Crippen LogP contribution in [0.1, 0.15) is 11.6 Å². The lowest BCUT2D eigenvalue weighted by Gasteiger charge is -2.09. The number of halogens is 3. The Bertz CT molecular complexity index is 391. The van der Waals surface area contributed by atoms with E-state index >= 15 is 0 Å². The minimum atomic E-state index is -4.45. The van der Waals surface area contributed by atoms with Gasteiger partial charge < -0.3 is 15.6 Å². The lowest BCUT2D eigenvalue weighted by atomic mass is 10.1. The largest absolute Gasteiger partial charge is 0.480 e. The summed E-state index contributed by atoms with van der Waals surface area (Å²) in [7, 11) is 0. The van der Waals surface area contributed by atoms with E-state index in [0.717, 1.165) is 12.3 Å². The zero-order valence-electron chi connectivity index (χ0n) is 8.44. The van der Waals surface area contributed by atoms with Gasteiger partial charge in [-0.15, -0.1) is 0 Å². The summed E-state index contributed by atoms with van der Waals surface area (Å²) in [6.45, 7) is -1.45. The van der Waals surface area contributed by atoms with E-state index in [1.165, 1.54) is 6.07 Å². The zero-order chi connectivity index (χ0) is 13.1. The van der Waals surface area contributed by atoms with Gasteiger partial charge in [0, 0.05) is 12.3 Å². The highest BCUT2D eigenvalue weighted by Gasteiger charge is 2.28. The molecule has 0 amide bonds. The molecular weight excluding hydrogens is 241 g/mol. The standard InChI is InChI=1S/C9H9F3N2O3/c10-9(11,12)4-17-6-2-1-5(3-14-6)7(13)8(15)16/h1-3,7H,4,13H2,(H,15,16). The molecule has 0 aliphatic heterocycles. The maximum atomic E-state index is 11.8. The van der Waals surface area contributed by atoms with Crippen LogP contribution >= 0.6 is 0 Å². The van der Waals surface area contributed by atoms with Gasteiger partial charge in [0.25, 0.3) is 0 Å². The van der Waals surface area contributed by atoms with Crippen molar-refractivity contribution in [2.75, 3.05) is 6.61 Å². The smallest absolute Gasteiger partial charge is 0.422 e. The summed E-state index contributed by atoms with van der Waals surface area (Å²) in [4.78, 5) is 14.0. The number of hydrogen-bond donors (Lipinski definition) is 2. The zero-order valence-corrected chi connectivity index (χ0v) is 8.44. The van der Waals surface area contributed by atoms with Crippen molar-refractivity contribution in [3.63, 3.8) is 0 Å². The molecule has 0 radical (unpaired) electrons. The SMILES string of the molecule is NC(C(=O)O)c1ccc(OCC(F)(F)F)nc1. The summed E-state index contributed by atoms with van der Waals surface area (Å²) in [5.74, 6) is -1.50. The molecule has 17 heavy (non-hydrogen) atoms. The molecule has 0 saturated carbocycles. The Kier molecular flexibility index (Phi) is 3.89. The van der Waals surface area contributed by atoms with Gasteiger partial charge in [0.2, 0.25) is 5.88 Å². The Morgan fingerprint density at radius 1 is 1.53 bits per heavy atom. The van der Waals surface area contributed by atoms with Crippen LogP contribution in [-0.2, 0) is 4.79 Å². The maximum Gasteiger partial charge on any atom is 0.422 e. The molecule has 0 aliphatic rings. The van der Waals surface area contributed by atoms with Gasteiger partial charge in [-0.25, -0.2) is 4.98 Å². The monoisotopic (exact) mass is 250 g/mol. The van der Waals surface area contributed by atoms with Crippen molar-refractivity contribution in [3.05, 3.63) is 23.9 Å². The van der Waals surface area contributed by atoms with E-state index in [1.54, 1.807) is 0 Å². The molecule has 5 nitrogen and oxygen atoms in total. The van der Waals surface area contributed by atoms with Crippen LogP contribution in [0.25, 0.3) is 0 Å². The summed E-state index contributed by atoms with van der Waals surface area (Å²) in [5, 5.41) is 8.58. The molecule has 1 atom stereocenters. The van der Waals surface area contributed by atoms with Crippen molar-refractivity contribution in [2.45, 2.75) is 12.2 Å². The van der Waals surface area contributed by atoms with Crippen LogP contribution in [0.5, 0.6) is 5.88 Å². The Morgan fingerprint density at radius 3 is 2.59 bits per heavy atom. The van der Waals surface area contributed by atoms with Crippen molar-refractivity contribution in [2.24, 2.45) is 5.73 Å². The number of pyridine rings is 1. The topological polar surface area (TPSA) is 85.4 Å². The highest BCUT2D eigenvalue weighted by atomic mass is 19.4. The second-order valence-electron chi connectivity index (χ2n) is 3.15. The lowest BCUT2D eigenvalue weighted by Crippen LogP contribution is -2.21. The average Bonchev–Trinajstić information content (AvgIpc) is 2.25. The molecule has 8 heteroatoms. The number of aliphatic carboxylic acids is 1. The third-order valence-electron chi connectivity index (χ3n) is 1.77. The minimum absolute atomic E-state index is 0.178. The summed E-state index contributed by atoms with van der Waals surface area (Å²) < 4.78 is 39.8. The van der Waals surface area contributed by atoms with Gasteiger partial charge in [-0.2, -0.15) is 13.2 Å². The Labute approximate surface area is 94.0 Å². The quantitative estimate of drug-likeness (QED) is 0.835. The molecule has 1 heterocycles. The fourth-order valence-corrected chi connectivity index (χ4v) is 0.959. The molecule has 0 spiro atoms. The molecule has 94 valence electrons. The summed E-state index contributed by atoms with van der Waals surface area (Å²) in [6.07, 6.45) is -3.39. The number of aromatic nitrogens is 1. The predicted molar refractivity (Wildman–Crippen MR) is 50.4 cm³/mol. The molecule has 0 bridgehead atoms. The van der Waals surface area contributed by atoms with Crippen molar-refractivity contribution in [1.82, 2.24) is 4.98 Å². The Hall–Kier alpha value is -1.83. The number of carbonyl (C=O) groups is 1. The van der Waals surface area contributed by atoms with Crippen LogP contribution < -0.4 is 10.5 Å². The van der Waals surface area contributed by atoms with Crippen LogP contribution in [0.3, 0.4) is 0 Å². The molecule has 0 aliphatic carbocycles. The average molecular weight is 250 g/mol. The molecule has 1 rings (SSSR count). The van der Waals surface area contributed by atoms with Crippen LogP contribution in [0.4, 0.5) is 13.2 Å². The highest BCUT2D eigenvalue weighted by molar-refractivity contribution is 5.75. The fourth-order valence-electron chi connectivity index (χ4n) is 0.959. The number of hydrogen-bond acceptors (Lipinski definition) is 4. The minimum Gasteiger partial charge on any atom is -0.480 e. The molecule has 0 saturated heterocycles. The second-order valence-corrected chi connectivity index (χ2v) is 3.15. The summed E-state index contributed by atoms with van der Waals surface area (Å²) in [6, 6.07) is 1.11. The highest BCUT2D eigenvalue weighted by Crippen LogP contribution is 2.18. The first kappa shape index (κ1) is 13.2. The van der Waals surface area contributed by atoms with E-state index in [4.69, 9.17) is 10.8 Å². The number of nitrogens with two attached hydrogens (primary N) is 1. The second kappa shape index (κ2) is 5.00. The van der Waals surface area contributed by atoms with Gasteiger partial charge >= 0.3 is 12.1 Å². The molecule has 1 aromatic heterocycles. The van der Waals surface area contributed by atoms with Crippen molar-refractivity contribution in [3.8, 4) is 5.88 Å². The number of alkyl halides is 3. The first-order chi connectivity index (χ1) is 7.79. The third-order valence-corrected chi connectivity index (χ3v) is 1.77. The van der Waals surface area contributed by atoms with Crippen molar-refractivity contribution < 1.29 is 27.8 Å². The van der Waals surface area contributed by atoms with Gasteiger partial charge in [0.1, 0.15) is 6.04 Å². The molecule has 0 fully saturated rings. The van der Waals surface area contributed by atoms with Crippen LogP contribution in [0.2, 0.25) is 0 Å². The van der Waals surface area contributed by atoms with E-state index in [9.17, 15) is 18.0 Å². The summed E-state index contributed by atoms with van der Waals surface area (Å²) >= 11 is 0. The molecule has 3 N–H and O–H groups in total. The predicted octanol–water partition coefficient (Wildman–Crippen LogP) is 1.11. The van der Waals surface area contributed by atoms with Crippen LogP contribution in [-0.4, -0.2) is 28.8 Å². The van der Waals surface area contributed by atoms with Gasteiger partial charge in [-0.1, -0.05) is 0 Å². The molecule has 1 unspecified atom stereocenters. The van der Waals surface area contributed by atoms with Crippen molar-refractivity contribution in [1.29, 1.82) is 0 Å². The van der Waals surface area contributed by atoms with Gasteiger partial charge in [-0.3, -0.25) is 4.79 Å². The van der Waals surface area contributed by atoms with Crippen molar-refractivity contribution >= 4 is 5.97 Å². The normalized spacial score (nSPS) is 13.2. The third kappa shape index (κ3) is 4.27. The van der Waals surface area contributed by atoms with E-state index < -0.39 is 24.8 Å². The lowest BCUT2D eigenvalue weighted by molar-refractivity contribution is -0.154. The first-order valence-electron chi connectivity index (χ1n) is 4.43. The van der Waals surface area contributed by atoms with E-state index in [0.29, 0.717) is 0 Å².